The molecule has 1 fully saturated rings. The highest BCUT2D eigenvalue weighted by atomic mass is 15.1. The van der Waals surface area contributed by atoms with E-state index in [4.69, 9.17) is 0 Å². The topological polar surface area (TPSA) is 29.9 Å². The molecular formula is C16H21N3. The van der Waals surface area contributed by atoms with Crippen LogP contribution in [0.4, 0.5) is 0 Å². The van der Waals surface area contributed by atoms with Crippen molar-refractivity contribution in [1.82, 2.24) is 14.9 Å². The summed E-state index contributed by atoms with van der Waals surface area (Å²) >= 11 is 0. The molecule has 0 bridgehead atoms. The molecule has 1 saturated heterocycles. The maximum Gasteiger partial charge on any atom is 0.0948 e. The van der Waals surface area contributed by atoms with Crippen molar-refractivity contribution >= 4 is 0 Å². The van der Waals surface area contributed by atoms with Crippen LogP contribution < -0.4 is 5.32 Å². The molecule has 0 radical (unpaired) electrons. The number of hydrogen-bond donors (Lipinski definition) is 1. The monoisotopic (exact) mass is 255 g/mol. The van der Waals surface area contributed by atoms with Gasteiger partial charge in [0.1, 0.15) is 0 Å². The van der Waals surface area contributed by atoms with E-state index in [9.17, 15) is 0 Å². The molecule has 3 heteroatoms. The van der Waals surface area contributed by atoms with E-state index in [2.05, 4.69) is 52.1 Å². The zero-order chi connectivity index (χ0) is 13.1. The first-order chi connectivity index (χ1) is 9.34. The number of aromatic nitrogens is 2. The van der Waals surface area contributed by atoms with Crippen molar-refractivity contribution in [1.29, 1.82) is 0 Å². The molecular weight excluding hydrogens is 234 g/mol. The second-order valence-corrected chi connectivity index (χ2v) is 5.43. The molecule has 2 atom stereocenters. The number of imidazole rings is 1. The third-order valence-corrected chi connectivity index (χ3v) is 4.00. The quantitative estimate of drug-likeness (QED) is 0.909. The summed E-state index contributed by atoms with van der Waals surface area (Å²) in [5.74, 6) is 0.510. The van der Waals surface area contributed by atoms with Gasteiger partial charge in [0.15, 0.2) is 0 Å². The minimum absolute atomic E-state index is 0.491. The van der Waals surface area contributed by atoms with Gasteiger partial charge in [0.2, 0.25) is 0 Å². The minimum atomic E-state index is 0.491. The summed E-state index contributed by atoms with van der Waals surface area (Å²) in [7, 11) is 0. The van der Waals surface area contributed by atoms with E-state index in [0.29, 0.717) is 12.0 Å². The summed E-state index contributed by atoms with van der Waals surface area (Å²) in [5.41, 5.74) is 2.72. The van der Waals surface area contributed by atoms with Crippen LogP contribution in [0, 0.1) is 0 Å². The summed E-state index contributed by atoms with van der Waals surface area (Å²) in [5, 5.41) is 3.55. The van der Waals surface area contributed by atoms with Gasteiger partial charge in [-0.3, -0.25) is 0 Å². The van der Waals surface area contributed by atoms with Crippen molar-refractivity contribution in [3.05, 3.63) is 54.1 Å². The highest BCUT2D eigenvalue weighted by Gasteiger charge is 2.20. The third kappa shape index (κ3) is 2.71. The molecule has 3 rings (SSSR count). The van der Waals surface area contributed by atoms with E-state index in [1.807, 2.05) is 12.5 Å². The van der Waals surface area contributed by atoms with Crippen molar-refractivity contribution in [2.75, 3.05) is 6.54 Å². The fraction of sp³-hybridized carbons (Fsp3) is 0.438. The molecule has 2 aromatic rings. The number of nitrogens with zero attached hydrogens (tertiary/aromatic N) is 2. The average Bonchev–Trinajstić information content (AvgIpc) is 3.10. The van der Waals surface area contributed by atoms with E-state index in [-0.39, 0.29) is 0 Å². The Balaban J connectivity index is 1.75. The Hall–Kier alpha value is -1.61. The smallest absolute Gasteiger partial charge is 0.0948 e. The molecule has 1 aliphatic heterocycles. The van der Waals surface area contributed by atoms with Crippen LogP contribution >= 0.6 is 0 Å². The average molecular weight is 255 g/mol. The fourth-order valence-corrected chi connectivity index (χ4v) is 2.89. The van der Waals surface area contributed by atoms with Crippen LogP contribution in [-0.4, -0.2) is 16.1 Å². The molecule has 100 valence electrons. The minimum Gasteiger partial charge on any atom is -0.333 e. The molecule has 0 amide bonds. The summed E-state index contributed by atoms with van der Waals surface area (Å²) in [6.45, 7) is 4.41. The Morgan fingerprint density at radius 1 is 1.37 bits per heavy atom. The lowest BCUT2D eigenvalue weighted by Gasteiger charge is -2.18. The first kappa shape index (κ1) is 12.4. The first-order valence-electron chi connectivity index (χ1n) is 7.13. The van der Waals surface area contributed by atoms with Crippen molar-refractivity contribution in [3.63, 3.8) is 0 Å². The van der Waals surface area contributed by atoms with Crippen LogP contribution in [0.3, 0.4) is 0 Å². The van der Waals surface area contributed by atoms with E-state index in [1.165, 1.54) is 24.1 Å². The normalized spacial score (nSPS) is 20.6. The van der Waals surface area contributed by atoms with Crippen molar-refractivity contribution in [2.45, 2.75) is 38.3 Å². The lowest BCUT2D eigenvalue weighted by Crippen LogP contribution is -2.18. The highest BCUT2D eigenvalue weighted by molar-refractivity contribution is 5.19. The molecule has 1 aromatic carbocycles. The van der Waals surface area contributed by atoms with E-state index >= 15 is 0 Å². The Morgan fingerprint density at radius 3 is 2.95 bits per heavy atom. The Kier molecular flexibility index (Phi) is 3.65. The maximum absolute atomic E-state index is 4.34. The molecule has 19 heavy (non-hydrogen) atoms. The Labute approximate surface area is 114 Å². The second kappa shape index (κ2) is 5.57. The van der Waals surface area contributed by atoms with Gasteiger partial charge in [-0.25, -0.2) is 4.98 Å². The number of benzene rings is 1. The van der Waals surface area contributed by atoms with E-state index < -0.39 is 0 Å². The van der Waals surface area contributed by atoms with Gasteiger partial charge < -0.3 is 9.88 Å². The molecule has 0 aliphatic carbocycles. The summed E-state index contributed by atoms with van der Waals surface area (Å²) < 4.78 is 2.31. The largest absolute Gasteiger partial charge is 0.333 e. The van der Waals surface area contributed by atoms with Crippen molar-refractivity contribution in [3.8, 4) is 0 Å². The van der Waals surface area contributed by atoms with Crippen LogP contribution in [0.2, 0.25) is 0 Å². The first-order valence-corrected chi connectivity index (χ1v) is 7.13. The molecule has 0 saturated carbocycles. The van der Waals surface area contributed by atoms with Crippen LogP contribution in [-0.2, 0) is 6.54 Å². The van der Waals surface area contributed by atoms with Crippen LogP contribution in [0.15, 0.2) is 42.9 Å². The molecule has 2 unspecified atom stereocenters. The standard InChI is InChI=1S/C16H21N3/c1-13(14-6-3-2-4-7-14)11-19-12-17-10-16(19)15-8-5-9-18-15/h2-4,6-7,10,12-13,15,18H,5,8-9,11H2,1H3. The zero-order valence-electron chi connectivity index (χ0n) is 11.4. The van der Waals surface area contributed by atoms with Gasteiger partial charge >= 0.3 is 0 Å². The van der Waals surface area contributed by atoms with E-state index in [1.54, 1.807) is 0 Å². The number of nitrogens with one attached hydrogen (secondary N) is 1. The highest BCUT2D eigenvalue weighted by Crippen LogP contribution is 2.25. The summed E-state index contributed by atoms with van der Waals surface area (Å²) in [6.07, 6.45) is 6.48. The van der Waals surface area contributed by atoms with Gasteiger partial charge in [-0.15, -0.1) is 0 Å². The summed E-state index contributed by atoms with van der Waals surface area (Å²) in [6, 6.07) is 11.2. The van der Waals surface area contributed by atoms with Crippen LogP contribution in [0.5, 0.6) is 0 Å². The predicted octanol–water partition coefficient (Wildman–Crippen LogP) is 3.11. The van der Waals surface area contributed by atoms with Gasteiger partial charge in [-0.05, 0) is 30.9 Å². The molecule has 1 aliphatic rings. The van der Waals surface area contributed by atoms with Crippen LogP contribution in [0.1, 0.15) is 43.0 Å². The van der Waals surface area contributed by atoms with Crippen molar-refractivity contribution < 1.29 is 0 Å². The van der Waals surface area contributed by atoms with Gasteiger partial charge in [-0.1, -0.05) is 37.3 Å². The van der Waals surface area contributed by atoms with Gasteiger partial charge in [-0.2, -0.15) is 0 Å². The lowest BCUT2D eigenvalue weighted by molar-refractivity contribution is 0.528. The van der Waals surface area contributed by atoms with Crippen LogP contribution in [0.25, 0.3) is 0 Å². The predicted molar refractivity (Wildman–Crippen MR) is 77.1 cm³/mol. The molecule has 1 N–H and O–H groups in total. The van der Waals surface area contributed by atoms with Crippen molar-refractivity contribution in [2.24, 2.45) is 0 Å². The lowest BCUT2D eigenvalue weighted by atomic mass is 10.0. The van der Waals surface area contributed by atoms with Gasteiger partial charge in [0.05, 0.1) is 12.0 Å². The van der Waals surface area contributed by atoms with Gasteiger partial charge in [0.25, 0.3) is 0 Å². The molecule has 0 spiro atoms. The fourth-order valence-electron chi connectivity index (χ4n) is 2.89. The molecule has 1 aromatic heterocycles. The Bertz CT molecular complexity index is 512. The molecule has 3 nitrogen and oxygen atoms in total. The number of hydrogen-bond acceptors (Lipinski definition) is 2. The zero-order valence-corrected chi connectivity index (χ0v) is 11.4. The summed E-state index contributed by atoms with van der Waals surface area (Å²) in [4.78, 5) is 4.34. The van der Waals surface area contributed by atoms with E-state index in [0.717, 1.165) is 13.1 Å². The Morgan fingerprint density at radius 2 is 2.21 bits per heavy atom. The molecule has 2 heterocycles. The second-order valence-electron chi connectivity index (χ2n) is 5.43. The number of rotatable bonds is 4. The maximum atomic E-state index is 4.34. The third-order valence-electron chi connectivity index (χ3n) is 4.00. The SMILES string of the molecule is CC(Cn1cncc1C1CCCN1)c1ccccc1. The van der Waals surface area contributed by atoms with Gasteiger partial charge in [0, 0.05) is 18.8 Å².